The van der Waals surface area contributed by atoms with E-state index < -0.39 is 15.3 Å². The third kappa shape index (κ3) is 6.21. The molecule has 1 aromatic rings. The number of carbonyl (C=O) groups excluding carboxylic acids is 1. The van der Waals surface area contributed by atoms with Gasteiger partial charge < -0.3 is 15.1 Å². The molecule has 0 saturated carbocycles. The number of sulfonamides is 1. The molecule has 0 bridgehead atoms. The van der Waals surface area contributed by atoms with E-state index in [0.29, 0.717) is 38.6 Å². The molecule has 1 heterocycles. The molecule has 2 rings (SSSR count). The van der Waals surface area contributed by atoms with Crippen molar-refractivity contribution in [3.8, 4) is 0 Å². The molecule has 2 N–H and O–H groups in total. The fraction of sp³-hybridized carbons (Fsp3) is 0.556. The molecule has 27 heavy (non-hydrogen) atoms. The standard InChI is InChI=1S/C18H29N5O3S/c1-4-21-27(25,26)16-10-11-23(14-16)18(20-13-17(24)22(2)3)19-12-15-8-6-5-7-9-15/h5-9,16,21H,4,10-14H2,1-3H3,(H,19,20). The summed E-state index contributed by atoms with van der Waals surface area (Å²) in [5, 5.41) is 2.61. The second-order valence-electron chi connectivity index (χ2n) is 6.67. The smallest absolute Gasteiger partial charge is 0.241 e. The number of rotatable bonds is 7. The first kappa shape index (κ1) is 21.2. The summed E-state index contributed by atoms with van der Waals surface area (Å²) in [4.78, 5) is 20.0. The zero-order chi connectivity index (χ0) is 19.9. The molecule has 1 aromatic carbocycles. The number of nitrogens with zero attached hydrogens (tertiary/aromatic N) is 3. The van der Waals surface area contributed by atoms with E-state index in [9.17, 15) is 13.2 Å². The minimum atomic E-state index is -3.34. The average molecular weight is 396 g/mol. The highest BCUT2D eigenvalue weighted by Crippen LogP contribution is 2.16. The molecule has 9 heteroatoms. The predicted octanol–water partition coefficient (Wildman–Crippen LogP) is 0.234. The quantitative estimate of drug-likeness (QED) is 0.509. The number of likely N-dealkylation sites (N-methyl/N-ethyl adjacent to an activating group) is 1. The topological polar surface area (TPSA) is 94.1 Å². The van der Waals surface area contributed by atoms with Crippen molar-refractivity contribution >= 4 is 21.9 Å². The third-order valence-corrected chi connectivity index (χ3v) is 6.33. The van der Waals surface area contributed by atoms with Crippen molar-refractivity contribution in [2.24, 2.45) is 4.99 Å². The number of guanidine groups is 1. The summed E-state index contributed by atoms with van der Waals surface area (Å²) in [6.07, 6.45) is 0.531. The number of amides is 1. The van der Waals surface area contributed by atoms with Gasteiger partial charge in [-0.25, -0.2) is 18.1 Å². The molecule has 8 nitrogen and oxygen atoms in total. The van der Waals surface area contributed by atoms with Gasteiger partial charge in [0.05, 0.1) is 18.3 Å². The predicted molar refractivity (Wildman–Crippen MR) is 107 cm³/mol. The number of hydrogen-bond acceptors (Lipinski definition) is 4. The highest BCUT2D eigenvalue weighted by Gasteiger charge is 2.34. The van der Waals surface area contributed by atoms with Gasteiger partial charge in [0.25, 0.3) is 0 Å². The Kier molecular flexibility index (Phi) is 7.61. The van der Waals surface area contributed by atoms with Gasteiger partial charge in [0.2, 0.25) is 15.9 Å². The zero-order valence-electron chi connectivity index (χ0n) is 16.2. The highest BCUT2D eigenvalue weighted by molar-refractivity contribution is 7.90. The molecule has 0 aromatic heterocycles. The molecule has 1 fully saturated rings. The first-order chi connectivity index (χ1) is 12.8. The maximum Gasteiger partial charge on any atom is 0.241 e. The maximum atomic E-state index is 12.3. The van der Waals surface area contributed by atoms with Crippen LogP contribution in [-0.4, -0.2) is 75.6 Å². The first-order valence-corrected chi connectivity index (χ1v) is 10.6. The van der Waals surface area contributed by atoms with Gasteiger partial charge in [-0.3, -0.25) is 4.79 Å². The van der Waals surface area contributed by atoms with Gasteiger partial charge in [0.15, 0.2) is 5.96 Å². The fourth-order valence-electron chi connectivity index (χ4n) is 2.82. The fourth-order valence-corrected chi connectivity index (χ4v) is 4.25. The number of benzene rings is 1. The summed E-state index contributed by atoms with van der Waals surface area (Å²) in [6, 6.07) is 9.80. The number of nitrogens with one attached hydrogen (secondary N) is 2. The summed E-state index contributed by atoms with van der Waals surface area (Å²) < 4.78 is 27.1. The number of hydrogen-bond donors (Lipinski definition) is 2. The molecule has 1 unspecified atom stereocenters. The van der Waals surface area contributed by atoms with E-state index in [1.165, 1.54) is 4.90 Å². The van der Waals surface area contributed by atoms with Crippen LogP contribution >= 0.6 is 0 Å². The second-order valence-corrected chi connectivity index (χ2v) is 8.71. The third-order valence-electron chi connectivity index (χ3n) is 4.38. The Morgan fingerprint density at radius 3 is 2.63 bits per heavy atom. The lowest BCUT2D eigenvalue weighted by Gasteiger charge is -2.23. The van der Waals surface area contributed by atoms with Gasteiger partial charge in [-0.2, -0.15) is 0 Å². The first-order valence-electron chi connectivity index (χ1n) is 9.09. The monoisotopic (exact) mass is 395 g/mol. The van der Waals surface area contributed by atoms with E-state index in [0.717, 1.165) is 5.56 Å². The van der Waals surface area contributed by atoms with Crippen LogP contribution in [0, 0.1) is 0 Å². The Bertz CT molecular complexity index is 750. The minimum absolute atomic E-state index is 0.0709. The molecule has 0 aliphatic carbocycles. The van der Waals surface area contributed by atoms with E-state index in [1.807, 2.05) is 35.2 Å². The number of carbonyl (C=O) groups is 1. The minimum Gasteiger partial charge on any atom is -0.347 e. The summed E-state index contributed by atoms with van der Waals surface area (Å²) in [5.41, 5.74) is 1.05. The Hall–Kier alpha value is -2.13. The lowest BCUT2D eigenvalue weighted by molar-refractivity contribution is -0.127. The van der Waals surface area contributed by atoms with Crippen LogP contribution in [0.5, 0.6) is 0 Å². The normalized spacial score (nSPS) is 17.8. The SMILES string of the molecule is CCNS(=O)(=O)C1CCN(C(=NCc2ccccc2)NCC(=O)N(C)C)C1. The summed E-state index contributed by atoms with van der Waals surface area (Å²) in [5.74, 6) is 0.488. The van der Waals surface area contributed by atoms with Crippen molar-refractivity contribution in [2.45, 2.75) is 25.1 Å². The summed E-state index contributed by atoms with van der Waals surface area (Å²) in [6.45, 7) is 3.65. The van der Waals surface area contributed by atoms with Crippen molar-refractivity contribution in [1.29, 1.82) is 0 Å². The summed E-state index contributed by atoms with van der Waals surface area (Å²) in [7, 11) is 0.0503. The van der Waals surface area contributed by atoms with Crippen molar-refractivity contribution in [3.05, 3.63) is 35.9 Å². The Labute approximate surface area is 161 Å². The van der Waals surface area contributed by atoms with E-state index in [4.69, 9.17) is 0 Å². The molecular weight excluding hydrogens is 366 g/mol. The molecule has 150 valence electrons. The second kappa shape index (κ2) is 9.70. The molecular formula is C18H29N5O3S. The Balaban J connectivity index is 2.10. The lowest BCUT2D eigenvalue weighted by Crippen LogP contribution is -2.45. The van der Waals surface area contributed by atoms with Crippen LogP contribution in [0.1, 0.15) is 18.9 Å². The number of likely N-dealkylation sites (tertiary alicyclic amines) is 1. The molecule has 1 aliphatic heterocycles. The van der Waals surface area contributed by atoms with Crippen LogP contribution in [0.4, 0.5) is 0 Å². The van der Waals surface area contributed by atoms with Crippen molar-refractivity contribution in [3.63, 3.8) is 0 Å². The Morgan fingerprint density at radius 1 is 1.30 bits per heavy atom. The average Bonchev–Trinajstić information content (AvgIpc) is 3.13. The van der Waals surface area contributed by atoms with Crippen molar-refractivity contribution in [2.75, 3.05) is 40.3 Å². The van der Waals surface area contributed by atoms with Crippen molar-refractivity contribution < 1.29 is 13.2 Å². The lowest BCUT2D eigenvalue weighted by atomic mass is 10.2. The van der Waals surface area contributed by atoms with Gasteiger partial charge in [-0.05, 0) is 12.0 Å². The Morgan fingerprint density at radius 2 is 2.00 bits per heavy atom. The van der Waals surface area contributed by atoms with Gasteiger partial charge in [-0.15, -0.1) is 0 Å². The van der Waals surface area contributed by atoms with E-state index in [1.54, 1.807) is 21.0 Å². The van der Waals surface area contributed by atoms with Crippen LogP contribution < -0.4 is 10.0 Å². The van der Waals surface area contributed by atoms with Gasteiger partial charge in [0.1, 0.15) is 0 Å². The van der Waals surface area contributed by atoms with Gasteiger partial charge in [0, 0.05) is 33.7 Å². The zero-order valence-corrected chi connectivity index (χ0v) is 17.0. The molecule has 1 amide bonds. The van der Waals surface area contributed by atoms with E-state index in [-0.39, 0.29) is 12.5 Å². The molecule has 0 spiro atoms. The van der Waals surface area contributed by atoms with Crippen molar-refractivity contribution in [1.82, 2.24) is 19.8 Å². The van der Waals surface area contributed by atoms with Gasteiger partial charge in [-0.1, -0.05) is 37.3 Å². The van der Waals surface area contributed by atoms with Crippen LogP contribution in [0.3, 0.4) is 0 Å². The molecule has 1 atom stereocenters. The highest BCUT2D eigenvalue weighted by atomic mass is 32.2. The van der Waals surface area contributed by atoms with E-state index in [2.05, 4.69) is 15.0 Å². The van der Waals surface area contributed by atoms with Crippen LogP contribution in [0.15, 0.2) is 35.3 Å². The molecule has 1 saturated heterocycles. The van der Waals surface area contributed by atoms with Gasteiger partial charge >= 0.3 is 0 Å². The van der Waals surface area contributed by atoms with Crippen LogP contribution in [0.25, 0.3) is 0 Å². The summed E-state index contributed by atoms with van der Waals surface area (Å²) >= 11 is 0. The molecule has 0 radical (unpaired) electrons. The largest absolute Gasteiger partial charge is 0.347 e. The van der Waals surface area contributed by atoms with Crippen LogP contribution in [0.2, 0.25) is 0 Å². The van der Waals surface area contributed by atoms with E-state index >= 15 is 0 Å². The maximum absolute atomic E-state index is 12.3. The molecule has 1 aliphatic rings. The number of aliphatic imine (C=N–C) groups is 1. The van der Waals surface area contributed by atoms with Crippen LogP contribution in [-0.2, 0) is 21.4 Å².